The number of nitrogen functional groups attached to an aromatic ring is 1. The van der Waals surface area contributed by atoms with Crippen molar-refractivity contribution < 1.29 is 14.3 Å². The average Bonchev–Trinajstić information content (AvgIpc) is 2.47. The first-order valence-electron chi connectivity index (χ1n) is 5.74. The number of methoxy groups -OCH3 is 2. The molecule has 1 heterocycles. The largest absolute Gasteiger partial charge is 0.493 e. The fourth-order valence-electron chi connectivity index (χ4n) is 1.64. The van der Waals surface area contributed by atoms with Crippen LogP contribution < -0.4 is 20.5 Å². The number of aromatic nitrogens is 2. The summed E-state index contributed by atoms with van der Waals surface area (Å²) in [5, 5.41) is 2.60. The number of nitrogens with two attached hydrogens (primary N) is 1. The third-order valence-electron chi connectivity index (χ3n) is 2.61. The van der Waals surface area contributed by atoms with Crippen LogP contribution in [-0.4, -0.2) is 30.1 Å². The first-order valence-corrected chi connectivity index (χ1v) is 5.74. The van der Waals surface area contributed by atoms with Gasteiger partial charge in [0.05, 0.1) is 26.0 Å². The van der Waals surface area contributed by atoms with Gasteiger partial charge in [0.2, 0.25) is 0 Å². The summed E-state index contributed by atoms with van der Waals surface area (Å²) < 4.78 is 10.3. The average molecular weight is 274 g/mol. The molecule has 0 bridgehead atoms. The van der Waals surface area contributed by atoms with Crippen LogP contribution in [0.3, 0.4) is 0 Å². The molecule has 0 fully saturated rings. The van der Waals surface area contributed by atoms with Crippen molar-refractivity contribution >= 4 is 17.4 Å². The topological polar surface area (TPSA) is 99.4 Å². The number of benzene rings is 1. The number of nitrogens with one attached hydrogen (secondary N) is 1. The van der Waals surface area contributed by atoms with Crippen molar-refractivity contribution in [3.63, 3.8) is 0 Å². The van der Waals surface area contributed by atoms with Gasteiger partial charge in [-0.15, -0.1) is 0 Å². The fourth-order valence-corrected chi connectivity index (χ4v) is 1.64. The molecule has 2 rings (SSSR count). The van der Waals surface area contributed by atoms with Crippen LogP contribution in [0.15, 0.2) is 30.7 Å². The molecular formula is C13H14N4O3. The summed E-state index contributed by atoms with van der Waals surface area (Å²) in [5.74, 6) is 0.822. The molecule has 0 aliphatic heterocycles. The van der Waals surface area contributed by atoms with E-state index in [4.69, 9.17) is 15.2 Å². The maximum atomic E-state index is 12.1. The van der Waals surface area contributed by atoms with Crippen LogP contribution in [0.4, 0.5) is 11.5 Å². The predicted molar refractivity (Wildman–Crippen MR) is 73.9 cm³/mol. The van der Waals surface area contributed by atoms with Crippen LogP contribution in [-0.2, 0) is 0 Å². The first-order chi connectivity index (χ1) is 9.65. The molecule has 104 valence electrons. The zero-order valence-corrected chi connectivity index (χ0v) is 11.1. The molecule has 3 N–H and O–H groups in total. The zero-order chi connectivity index (χ0) is 14.5. The minimum Gasteiger partial charge on any atom is -0.493 e. The van der Waals surface area contributed by atoms with Gasteiger partial charge in [-0.3, -0.25) is 9.78 Å². The van der Waals surface area contributed by atoms with Gasteiger partial charge in [0.25, 0.3) is 5.91 Å². The third-order valence-corrected chi connectivity index (χ3v) is 2.61. The van der Waals surface area contributed by atoms with Gasteiger partial charge in [0, 0.05) is 24.1 Å². The summed E-state index contributed by atoms with van der Waals surface area (Å²) in [4.78, 5) is 20.0. The van der Waals surface area contributed by atoms with Crippen LogP contribution in [0.2, 0.25) is 0 Å². The molecule has 1 aromatic heterocycles. The Morgan fingerprint density at radius 1 is 1.20 bits per heavy atom. The number of anilines is 2. The zero-order valence-electron chi connectivity index (χ0n) is 11.1. The third kappa shape index (κ3) is 2.77. The summed E-state index contributed by atoms with van der Waals surface area (Å²) >= 11 is 0. The normalized spacial score (nSPS) is 9.90. The van der Waals surface area contributed by atoms with Crippen molar-refractivity contribution in [3.8, 4) is 11.5 Å². The van der Waals surface area contributed by atoms with Gasteiger partial charge < -0.3 is 20.5 Å². The SMILES string of the molecule is COc1cc(N)c(C(=O)Nc2cnccn2)cc1OC. The molecule has 0 aliphatic rings. The van der Waals surface area contributed by atoms with Crippen molar-refractivity contribution in [3.05, 3.63) is 36.3 Å². The van der Waals surface area contributed by atoms with E-state index in [1.807, 2.05) is 0 Å². The molecule has 0 radical (unpaired) electrons. The van der Waals surface area contributed by atoms with Crippen molar-refractivity contribution in [2.75, 3.05) is 25.3 Å². The quantitative estimate of drug-likeness (QED) is 0.816. The van der Waals surface area contributed by atoms with E-state index in [9.17, 15) is 4.79 Å². The van der Waals surface area contributed by atoms with Gasteiger partial charge in [-0.1, -0.05) is 0 Å². The van der Waals surface area contributed by atoms with Crippen LogP contribution in [0.5, 0.6) is 11.5 Å². The second kappa shape index (κ2) is 5.87. The van der Waals surface area contributed by atoms with E-state index in [0.29, 0.717) is 17.3 Å². The highest BCUT2D eigenvalue weighted by Gasteiger charge is 2.15. The maximum Gasteiger partial charge on any atom is 0.259 e. The fraction of sp³-hybridized carbons (Fsp3) is 0.154. The lowest BCUT2D eigenvalue weighted by molar-refractivity contribution is 0.102. The van der Waals surface area contributed by atoms with Crippen LogP contribution >= 0.6 is 0 Å². The Bertz CT molecular complexity index is 617. The Labute approximate surface area is 115 Å². The predicted octanol–water partition coefficient (Wildman–Crippen LogP) is 1.33. The standard InChI is InChI=1S/C13H14N4O3/c1-19-10-5-8(9(14)6-11(10)20-2)13(18)17-12-7-15-3-4-16-12/h3-7H,14H2,1-2H3,(H,16,17,18). The van der Waals surface area contributed by atoms with E-state index in [-0.39, 0.29) is 11.3 Å². The van der Waals surface area contributed by atoms with Crippen LogP contribution in [0.1, 0.15) is 10.4 Å². The molecule has 0 saturated heterocycles. The number of hydrogen-bond acceptors (Lipinski definition) is 6. The molecule has 0 aliphatic carbocycles. The number of nitrogens with zero attached hydrogens (tertiary/aromatic N) is 2. The Kier molecular flexibility index (Phi) is 3.99. The Balaban J connectivity index is 2.30. The van der Waals surface area contributed by atoms with E-state index in [2.05, 4.69) is 15.3 Å². The highest BCUT2D eigenvalue weighted by Crippen LogP contribution is 2.32. The summed E-state index contributed by atoms with van der Waals surface area (Å²) in [6.07, 6.45) is 4.43. The number of carbonyl (C=O) groups is 1. The van der Waals surface area contributed by atoms with Crippen LogP contribution in [0, 0.1) is 0 Å². The molecule has 0 unspecified atom stereocenters. The monoisotopic (exact) mass is 274 g/mol. The summed E-state index contributed by atoms with van der Waals surface area (Å²) in [6.45, 7) is 0. The summed E-state index contributed by atoms with van der Waals surface area (Å²) in [5.41, 5.74) is 6.40. The molecule has 7 heteroatoms. The van der Waals surface area contributed by atoms with Gasteiger partial charge in [-0.05, 0) is 6.07 Å². The summed E-state index contributed by atoms with van der Waals surface area (Å²) in [7, 11) is 2.98. The van der Waals surface area contributed by atoms with Crippen molar-refractivity contribution in [2.24, 2.45) is 0 Å². The first kappa shape index (κ1) is 13.6. The van der Waals surface area contributed by atoms with Gasteiger partial charge in [0.1, 0.15) is 0 Å². The highest BCUT2D eigenvalue weighted by molar-refractivity contribution is 6.07. The highest BCUT2D eigenvalue weighted by atomic mass is 16.5. The van der Waals surface area contributed by atoms with Gasteiger partial charge >= 0.3 is 0 Å². The lowest BCUT2D eigenvalue weighted by Crippen LogP contribution is -2.15. The van der Waals surface area contributed by atoms with Crippen molar-refractivity contribution in [2.45, 2.75) is 0 Å². The molecule has 20 heavy (non-hydrogen) atoms. The van der Waals surface area contributed by atoms with E-state index < -0.39 is 5.91 Å². The van der Waals surface area contributed by atoms with E-state index in [0.717, 1.165) is 0 Å². The number of carbonyl (C=O) groups excluding carboxylic acids is 1. The second-order valence-corrected chi connectivity index (χ2v) is 3.84. The lowest BCUT2D eigenvalue weighted by atomic mass is 10.1. The second-order valence-electron chi connectivity index (χ2n) is 3.84. The van der Waals surface area contributed by atoms with Crippen molar-refractivity contribution in [1.29, 1.82) is 0 Å². The molecule has 0 spiro atoms. The smallest absolute Gasteiger partial charge is 0.259 e. The van der Waals surface area contributed by atoms with E-state index in [1.165, 1.54) is 44.9 Å². The van der Waals surface area contributed by atoms with Gasteiger partial charge in [0.15, 0.2) is 17.3 Å². The lowest BCUT2D eigenvalue weighted by Gasteiger charge is -2.12. The number of hydrogen-bond donors (Lipinski definition) is 2. The van der Waals surface area contributed by atoms with Gasteiger partial charge in [-0.25, -0.2) is 4.98 Å². The molecular weight excluding hydrogens is 260 g/mol. The van der Waals surface area contributed by atoms with Gasteiger partial charge in [-0.2, -0.15) is 0 Å². The molecule has 0 saturated carbocycles. The number of rotatable bonds is 4. The maximum absolute atomic E-state index is 12.1. The summed E-state index contributed by atoms with van der Waals surface area (Å²) in [6, 6.07) is 3.05. The Morgan fingerprint density at radius 2 is 1.90 bits per heavy atom. The Hall–Kier alpha value is -2.83. The molecule has 1 amide bonds. The Morgan fingerprint density at radius 3 is 2.50 bits per heavy atom. The minimum atomic E-state index is -0.399. The number of ether oxygens (including phenoxy) is 2. The number of amides is 1. The molecule has 2 aromatic rings. The molecule has 1 aromatic carbocycles. The van der Waals surface area contributed by atoms with Crippen molar-refractivity contribution in [1.82, 2.24) is 9.97 Å². The molecule has 0 atom stereocenters. The molecule has 7 nitrogen and oxygen atoms in total. The van der Waals surface area contributed by atoms with Crippen LogP contribution in [0.25, 0.3) is 0 Å². The van der Waals surface area contributed by atoms with E-state index >= 15 is 0 Å². The minimum absolute atomic E-state index is 0.272. The van der Waals surface area contributed by atoms with E-state index in [1.54, 1.807) is 0 Å².